The third-order valence-electron chi connectivity index (χ3n) is 8.23. The van der Waals surface area contributed by atoms with Gasteiger partial charge in [0.1, 0.15) is 17.8 Å². The van der Waals surface area contributed by atoms with Crippen molar-refractivity contribution in [2.45, 2.75) is 64.5 Å². The van der Waals surface area contributed by atoms with E-state index in [1.165, 1.54) is 0 Å². The number of hydrogen-bond acceptors (Lipinski definition) is 6. The van der Waals surface area contributed by atoms with Crippen molar-refractivity contribution in [1.29, 1.82) is 0 Å². The third-order valence-corrected chi connectivity index (χ3v) is 8.23. The molecule has 44 heavy (non-hydrogen) atoms. The van der Waals surface area contributed by atoms with Crippen LogP contribution in [0.5, 0.6) is 0 Å². The second-order valence-corrected chi connectivity index (χ2v) is 11.5. The molecule has 3 unspecified atom stereocenters. The largest absolute Gasteiger partial charge is 0.457 e. The zero-order valence-corrected chi connectivity index (χ0v) is 25.3. The van der Waals surface area contributed by atoms with Gasteiger partial charge in [-0.05, 0) is 55.9 Å². The molecular formula is C37H39NO6. The Labute approximate surface area is 258 Å². The van der Waals surface area contributed by atoms with Crippen LogP contribution >= 0.6 is 0 Å². The van der Waals surface area contributed by atoms with Gasteiger partial charge in [-0.25, -0.2) is 9.69 Å². The van der Waals surface area contributed by atoms with E-state index in [9.17, 15) is 14.4 Å². The van der Waals surface area contributed by atoms with Crippen molar-refractivity contribution >= 4 is 17.8 Å². The van der Waals surface area contributed by atoms with Crippen LogP contribution in [0.2, 0.25) is 0 Å². The summed E-state index contributed by atoms with van der Waals surface area (Å²) >= 11 is 0. The van der Waals surface area contributed by atoms with Crippen molar-refractivity contribution < 1.29 is 28.6 Å². The zero-order valence-electron chi connectivity index (χ0n) is 25.3. The molecule has 1 aliphatic heterocycles. The second-order valence-electron chi connectivity index (χ2n) is 11.5. The van der Waals surface area contributed by atoms with Gasteiger partial charge in [0.15, 0.2) is 5.76 Å². The first-order valence-corrected chi connectivity index (χ1v) is 15.3. The van der Waals surface area contributed by atoms with Crippen LogP contribution in [0.25, 0.3) is 11.1 Å². The van der Waals surface area contributed by atoms with E-state index in [-0.39, 0.29) is 18.8 Å². The van der Waals surface area contributed by atoms with Gasteiger partial charge < -0.3 is 14.3 Å². The van der Waals surface area contributed by atoms with Crippen molar-refractivity contribution in [3.8, 4) is 11.1 Å². The van der Waals surface area contributed by atoms with Crippen LogP contribution in [0.4, 0.5) is 4.79 Å². The van der Waals surface area contributed by atoms with Gasteiger partial charge in [-0.3, -0.25) is 9.59 Å². The number of aliphatic hydroxyl groups is 1. The molecule has 0 spiro atoms. The predicted molar refractivity (Wildman–Crippen MR) is 168 cm³/mol. The lowest BCUT2D eigenvalue weighted by atomic mass is 9.91. The van der Waals surface area contributed by atoms with E-state index in [1.807, 2.05) is 91.9 Å². The molecule has 228 valence electrons. The van der Waals surface area contributed by atoms with E-state index in [0.29, 0.717) is 12.2 Å². The highest BCUT2D eigenvalue weighted by Gasteiger charge is 2.47. The van der Waals surface area contributed by atoms with Crippen LogP contribution in [0.1, 0.15) is 71.7 Å². The molecule has 2 heterocycles. The van der Waals surface area contributed by atoms with Crippen LogP contribution in [0.15, 0.2) is 95.4 Å². The van der Waals surface area contributed by atoms with Gasteiger partial charge in [0.25, 0.3) is 0 Å². The molecule has 3 atom stereocenters. The molecule has 1 aromatic heterocycles. The van der Waals surface area contributed by atoms with Crippen molar-refractivity contribution in [2.75, 3.05) is 6.61 Å². The summed E-state index contributed by atoms with van der Waals surface area (Å²) in [7, 11) is 0. The summed E-state index contributed by atoms with van der Waals surface area (Å²) in [5.41, 5.74) is 4.42. The van der Waals surface area contributed by atoms with E-state index in [0.717, 1.165) is 58.4 Å². The molecule has 0 radical (unpaired) electrons. The number of Topliss-reactive ketones (excluding diaryl/α,β-unsaturated/α-hetero) is 1. The van der Waals surface area contributed by atoms with Crippen molar-refractivity contribution in [3.05, 3.63) is 119 Å². The Morgan fingerprint density at radius 3 is 2.30 bits per heavy atom. The summed E-state index contributed by atoms with van der Waals surface area (Å²) in [6, 6.07) is 27.8. The summed E-state index contributed by atoms with van der Waals surface area (Å²) in [4.78, 5) is 42.7. The Hall–Kier alpha value is -4.49. The number of carbonyl (C=O) groups excluding carboxylic acids is 3. The number of furan rings is 1. The number of ether oxygens (including phenoxy) is 1. The van der Waals surface area contributed by atoms with E-state index in [1.54, 1.807) is 13.0 Å². The Morgan fingerprint density at radius 1 is 0.886 bits per heavy atom. The summed E-state index contributed by atoms with van der Waals surface area (Å²) in [6.45, 7) is 3.94. The van der Waals surface area contributed by atoms with Gasteiger partial charge in [-0.2, -0.15) is 0 Å². The Kier molecular flexibility index (Phi) is 10.1. The highest BCUT2D eigenvalue weighted by Crippen LogP contribution is 2.35. The van der Waals surface area contributed by atoms with Crippen LogP contribution in [0.3, 0.4) is 0 Å². The molecule has 2 amide bonds. The van der Waals surface area contributed by atoms with Crippen LogP contribution in [-0.2, 0) is 22.4 Å². The molecule has 1 saturated heterocycles. The van der Waals surface area contributed by atoms with Crippen LogP contribution in [0, 0.1) is 12.8 Å². The van der Waals surface area contributed by atoms with Gasteiger partial charge in [-0.1, -0.05) is 103 Å². The molecule has 3 aromatic carbocycles. The normalized spacial score (nSPS) is 17.0. The summed E-state index contributed by atoms with van der Waals surface area (Å²) in [5, 5.41) is 9.14. The minimum absolute atomic E-state index is 0.0981. The highest BCUT2D eigenvalue weighted by molar-refractivity contribution is 6.12. The average molecular weight is 594 g/mol. The minimum atomic E-state index is -1.18. The number of nitrogens with zero attached hydrogens (tertiary/aromatic N) is 1. The third kappa shape index (κ3) is 7.00. The smallest absolute Gasteiger partial charge is 0.417 e. The molecular weight excluding hydrogens is 554 g/mol. The van der Waals surface area contributed by atoms with Gasteiger partial charge in [0, 0.05) is 18.6 Å². The first-order valence-electron chi connectivity index (χ1n) is 15.3. The number of imide groups is 1. The second kappa shape index (κ2) is 14.3. The molecule has 0 aliphatic carbocycles. The molecule has 1 fully saturated rings. The van der Waals surface area contributed by atoms with E-state index >= 15 is 0 Å². The van der Waals surface area contributed by atoms with E-state index in [2.05, 4.69) is 0 Å². The number of amides is 2. The van der Waals surface area contributed by atoms with E-state index < -0.39 is 35.8 Å². The monoisotopic (exact) mass is 593 g/mol. The summed E-state index contributed by atoms with van der Waals surface area (Å²) in [5.74, 6) is -1.47. The fourth-order valence-corrected chi connectivity index (χ4v) is 5.87. The van der Waals surface area contributed by atoms with Gasteiger partial charge in [0.05, 0.1) is 6.04 Å². The Morgan fingerprint density at radius 2 is 1.59 bits per heavy atom. The van der Waals surface area contributed by atoms with Crippen molar-refractivity contribution in [2.24, 2.45) is 5.92 Å². The average Bonchev–Trinajstić information content (AvgIpc) is 3.60. The summed E-state index contributed by atoms with van der Waals surface area (Å²) in [6.07, 6.45) is 2.76. The number of carbonyl (C=O) groups is 3. The van der Waals surface area contributed by atoms with Gasteiger partial charge in [-0.15, -0.1) is 0 Å². The Bertz CT molecular complexity index is 1580. The summed E-state index contributed by atoms with van der Waals surface area (Å²) < 4.78 is 11.9. The Balaban J connectivity index is 1.47. The number of cyclic esters (lactones) is 1. The number of aryl methyl sites for hydroxylation is 2. The first-order chi connectivity index (χ1) is 21.4. The maximum atomic E-state index is 14.3. The van der Waals surface area contributed by atoms with Crippen molar-refractivity contribution in [1.82, 2.24) is 4.90 Å². The van der Waals surface area contributed by atoms with Gasteiger partial charge >= 0.3 is 6.09 Å². The van der Waals surface area contributed by atoms with Crippen LogP contribution < -0.4 is 0 Å². The maximum Gasteiger partial charge on any atom is 0.417 e. The molecule has 0 bridgehead atoms. The number of rotatable bonds is 13. The maximum absolute atomic E-state index is 14.3. The first kappa shape index (κ1) is 31.0. The number of hydrogen-bond donors (Lipinski definition) is 1. The molecule has 5 rings (SSSR count). The lowest BCUT2D eigenvalue weighted by Gasteiger charge is -2.23. The fourth-order valence-electron chi connectivity index (χ4n) is 5.87. The SMILES string of the molecule is Cc1cccc(-c2cc(C(=O)C(Cc3ccccc3)C(=O)N3C(=O)OC(c4ccccc4)C3C)oc2CCCCCCO)c1. The minimum Gasteiger partial charge on any atom is -0.457 e. The standard InChI is InChI=1S/C37H39NO6/c1-25-14-13-19-29(22-25)30-24-33(43-32(30)20-11-3-4-12-21-39)34(40)31(23-27-15-7-5-8-16-27)36(41)38-26(2)35(44-37(38)42)28-17-9-6-10-18-28/h5-10,13-19,22,24,26,31,35,39H,3-4,11-12,20-21,23H2,1-2H3. The number of benzene rings is 3. The van der Waals surface area contributed by atoms with Crippen LogP contribution in [-0.4, -0.2) is 40.4 Å². The number of unbranched alkanes of at least 4 members (excludes halogenated alkanes) is 3. The number of ketones is 1. The molecule has 7 nitrogen and oxygen atoms in total. The predicted octanol–water partition coefficient (Wildman–Crippen LogP) is 7.50. The van der Waals surface area contributed by atoms with Crippen molar-refractivity contribution in [3.63, 3.8) is 0 Å². The number of aliphatic hydroxyl groups excluding tert-OH is 1. The molecule has 1 aliphatic rings. The molecule has 7 heteroatoms. The fraction of sp³-hybridized carbons (Fsp3) is 0.324. The zero-order chi connectivity index (χ0) is 31.1. The molecule has 0 saturated carbocycles. The quantitative estimate of drug-likeness (QED) is 0.0980. The topological polar surface area (TPSA) is 97.1 Å². The van der Waals surface area contributed by atoms with E-state index in [4.69, 9.17) is 14.3 Å². The highest BCUT2D eigenvalue weighted by atomic mass is 16.6. The molecule has 1 N–H and O–H groups in total. The lowest BCUT2D eigenvalue weighted by Crippen LogP contribution is -2.44. The molecule has 4 aromatic rings. The lowest BCUT2D eigenvalue weighted by molar-refractivity contribution is -0.131. The van der Waals surface area contributed by atoms with Gasteiger partial charge in [0.2, 0.25) is 11.7 Å².